The Bertz CT molecular complexity index is 451. The van der Waals surface area contributed by atoms with E-state index in [2.05, 4.69) is 5.32 Å². The normalized spacial score (nSPS) is 12.8. The van der Waals surface area contributed by atoms with Crippen LogP contribution in [0.3, 0.4) is 0 Å². The van der Waals surface area contributed by atoms with Crippen LogP contribution in [0.25, 0.3) is 0 Å². The van der Waals surface area contributed by atoms with Gasteiger partial charge in [0.1, 0.15) is 6.61 Å². The maximum atomic E-state index is 11.8. The van der Waals surface area contributed by atoms with Gasteiger partial charge in [0.05, 0.1) is 18.1 Å². The van der Waals surface area contributed by atoms with Crippen LogP contribution in [0.15, 0.2) is 30.3 Å². The number of nitrogens with one attached hydrogen (secondary N) is 1. The number of carboxylic acid groups (broad SMARTS) is 1. The van der Waals surface area contributed by atoms with Crippen LogP contribution >= 0.6 is 0 Å². The van der Waals surface area contributed by atoms with Gasteiger partial charge >= 0.3 is 5.97 Å². The smallest absolute Gasteiger partial charge is 0.305 e. The zero-order valence-corrected chi connectivity index (χ0v) is 12.1. The van der Waals surface area contributed by atoms with Gasteiger partial charge in [-0.1, -0.05) is 30.3 Å². The number of carboxylic acids is 1. The number of carbonyl (C=O) groups is 2. The van der Waals surface area contributed by atoms with Gasteiger partial charge in [0.2, 0.25) is 5.91 Å². The van der Waals surface area contributed by atoms with Gasteiger partial charge in [-0.25, -0.2) is 0 Å². The molecule has 0 spiro atoms. The average molecular weight is 279 g/mol. The maximum absolute atomic E-state index is 11.8. The standard InChI is InChI=1S/C15H21NO4/c1-15(2,3)20-10-13(17)16-12(9-14(18)19)11-7-5-4-6-8-11/h4-8,12H,9-10H2,1-3H3,(H,16,17)(H,18,19). The monoisotopic (exact) mass is 279 g/mol. The lowest BCUT2D eigenvalue weighted by molar-refractivity contribution is -0.138. The zero-order valence-electron chi connectivity index (χ0n) is 12.1. The Morgan fingerprint density at radius 1 is 1.25 bits per heavy atom. The molecule has 0 aliphatic carbocycles. The Hall–Kier alpha value is -1.88. The summed E-state index contributed by atoms with van der Waals surface area (Å²) in [5.74, 6) is -1.29. The second kappa shape index (κ2) is 7.05. The summed E-state index contributed by atoms with van der Waals surface area (Å²) in [7, 11) is 0. The van der Waals surface area contributed by atoms with Gasteiger partial charge in [-0.2, -0.15) is 0 Å². The molecule has 1 atom stereocenters. The first-order valence-corrected chi connectivity index (χ1v) is 6.48. The average Bonchev–Trinajstić information content (AvgIpc) is 2.35. The molecule has 0 saturated heterocycles. The highest BCUT2D eigenvalue weighted by molar-refractivity contribution is 5.78. The van der Waals surface area contributed by atoms with E-state index in [9.17, 15) is 9.59 Å². The molecule has 5 nitrogen and oxygen atoms in total. The summed E-state index contributed by atoms with van der Waals surface area (Å²) < 4.78 is 5.37. The van der Waals surface area contributed by atoms with Crippen LogP contribution in [-0.2, 0) is 14.3 Å². The predicted octanol–water partition coefficient (Wildman–Crippen LogP) is 2.13. The molecule has 0 saturated carbocycles. The van der Waals surface area contributed by atoms with E-state index in [0.717, 1.165) is 5.56 Å². The molecule has 0 heterocycles. The lowest BCUT2D eigenvalue weighted by atomic mass is 10.0. The molecule has 2 N–H and O–H groups in total. The number of ether oxygens (including phenoxy) is 1. The summed E-state index contributed by atoms with van der Waals surface area (Å²) in [5.41, 5.74) is 0.353. The minimum atomic E-state index is -0.962. The lowest BCUT2D eigenvalue weighted by Gasteiger charge is -2.21. The predicted molar refractivity (Wildman–Crippen MR) is 75.3 cm³/mol. The Kier molecular flexibility index (Phi) is 5.70. The molecule has 1 aromatic carbocycles. The molecule has 0 aliphatic rings. The molecular formula is C15H21NO4. The van der Waals surface area contributed by atoms with Crippen LogP contribution in [0.1, 0.15) is 38.8 Å². The molecule has 0 aromatic heterocycles. The molecule has 5 heteroatoms. The number of aliphatic carboxylic acids is 1. The van der Waals surface area contributed by atoms with Crippen molar-refractivity contribution in [3.8, 4) is 0 Å². The molecule has 0 radical (unpaired) electrons. The molecule has 1 amide bonds. The van der Waals surface area contributed by atoms with Crippen molar-refractivity contribution in [1.82, 2.24) is 5.32 Å². The molecule has 0 fully saturated rings. The van der Waals surface area contributed by atoms with Crippen LogP contribution in [0, 0.1) is 0 Å². The van der Waals surface area contributed by atoms with Crippen molar-refractivity contribution in [3.05, 3.63) is 35.9 Å². The van der Waals surface area contributed by atoms with E-state index in [-0.39, 0.29) is 18.9 Å². The highest BCUT2D eigenvalue weighted by Gasteiger charge is 2.19. The molecule has 0 aliphatic heterocycles. The van der Waals surface area contributed by atoms with Gasteiger partial charge in [-0.05, 0) is 26.3 Å². The quantitative estimate of drug-likeness (QED) is 0.836. The minimum absolute atomic E-state index is 0.0908. The van der Waals surface area contributed by atoms with E-state index in [4.69, 9.17) is 9.84 Å². The fraction of sp³-hybridized carbons (Fsp3) is 0.467. The van der Waals surface area contributed by atoms with Crippen molar-refractivity contribution in [2.45, 2.75) is 38.8 Å². The van der Waals surface area contributed by atoms with Crippen LogP contribution in [0.2, 0.25) is 0 Å². The molecule has 1 aromatic rings. The summed E-state index contributed by atoms with van der Waals surface area (Å²) in [6, 6.07) is 8.48. The molecule has 20 heavy (non-hydrogen) atoms. The fourth-order valence-electron chi connectivity index (χ4n) is 1.63. The van der Waals surface area contributed by atoms with Gasteiger partial charge in [0.15, 0.2) is 0 Å². The number of amides is 1. The van der Waals surface area contributed by atoms with Crippen molar-refractivity contribution >= 4 is 11.9 Å². The van der Waals surface area contributed by atoms with E-state index in [1.54, 1.807) is 12.1 Å². The van der Waals surface area contributed by atoms with Gasteiger partial charge in [0, 0.05) is 0 Å². The van der Waals surface area contributed by atoms with Crippen LogP contribution in [0.5, 0.6) is 0 Å². The van der Waals surface area contributed by atoms with Crippen molar-refractivity contribution < 1.29 is 19.4 Å². The highest BCUT2D eigenvalue weighted by Crippen LogP contribution is 2.16. The Morgan fingerprint density at radius 3 is 2.35 bits per heavy atom. The molecule has 110 valence electrons. The first kappa shape index (κ1) is 16.2. The van der Waals surface area contributed by atoms with Gasteiger partial charge in [-0.15, -0.1) is 0 Å². The second-order valence-electron chi connectivity index (χ2n) is 5.53. The van der Waals surface area contributed by atoms with Crippen LogP contribution in [-0.4, -0.2) is 29.2 Å². The molecule has 1 rings (SSSR count). The Morgan fingerprint density at radius 2 is 1.85 bits per heavy atom. The van der Waals surface area contributed by atoms with Gasteiger partial charge < -0.3 is 15.2 Å². The molecule has 1 unspecified atom stereocenters. The van der Waals surface area contributed by atoms with Crippen molar-refractivity contribution in [1.29, 1.82) is 0 Å². The van der Waals surface area contributed by atoms with Crippen molar-refractivity contribution in [2.75, 3.05) is 6.61 Å². The number of rotatable bonds is 6. The highest BCUT2D eigenvalue weighted by atomic mass is 16.5. The molecule has 0 bridgehead atoms. The topological polar surface area (TPSA) is 75.6 Å². The zero-order chi connectivity index (χ0) is 15.2. The second-order valence-corrected chi connectivity index (χ2v) is 5.53. The fourth-order valence-corrected chi connectivity index (χ4v) is 1.63. The number of hydrogen-bond acceptors (Lipinski definition) is 3. The summed E-state index contributed by atoms with van der Waals surface area (Å²) in [6.07, 6.45) is -0.161. The third kappa shape index (κ3) is 6.33. The first-order chi connectivity index (χ1) is 9.28. The largest absolute Gasteiger partial charge is 0.481 e. The summed E-state index contributed by atoms with van der Waals surface area (Å²) in [5, 5.41) is 11.6. The number of hydrogen-bond donors (Lipinski definition) is 2. The van der Waals surface area contributed by atoms with Crippen LogP contribution < -0.4 is 5.32 Å². The van der Waals surface area contributed by atoms with Crippen molar-refractivity contribution in [2.24, 2.45) is 0 Å². The summed E-state index contributed by atoms with van der Waals surface area (Å²) >= 11 is 0. The maximum Gasteiger partial charge on any atom is 0.305 e. The van der Waals surface area contributed by atoms with Gasteiger partial charge in [0.25, 0.3) is 0 Å². The van der Waals surface area contributed by atoms with E-state index in [1.165, 1.54) is 0 Å². The van der Waals surface area contributed by atoms with E-state index in [1.807, 2.05) is 39.0 Å². The Labute approximate surface area is 118 Å². The Balaban J connectivity index is 2.66. The molecular weight excluding hydrogens is 258 g/mol. The third-order valence-corrected chi connectivity index (χ3v) is 2.55. The van der Waals surface area contributed by atoms with E-state index >= 15 is 0 Å². The minimum Gasteiger partial charge on any atom is -0.481 e. The van der Waals surface area contributed by atoms with Gasteiger partial charge in [-0.3, -0.25) is 9.59 Å². The number of benzene rings is 1. The van der Waals surface area contributed by atoms with E-state index in [0.29, 0.717) is 0 Å². The SMILES string of the molecule is CC(C)(C)OCC(=O)NC(CC(=O)O)c1ccccc1. The van der Waals surface area contributed by atoms with Crippen LogP contribution in [0.4, 0.5) is 0 Å². The van der Waals surface area contributed by atoms with Crippen molar-refractivity contribution in [3.63, 3.8) is 0 Å². The third-order valence-electron chi connectivity index (χ3n) is 2.55. The summed E-state index contributed by atoms with van der Waals surface area (Å²) in [6.45, 7) is 5.47. The first-order valence-electron chi connectivity index (χ1n) is 6.48. The number of carbonyl (C=O) groups excluding carboxylic acids is 1. The lowest BCUT2D eigenvalue weighted by Crippen LogP contribution is -2.35. The van der Waals surface area contributed by atoms with E-state index < -0.39 is 17.6 Å². The summed E-state index contributed by atoms with van der Waals surface area (Å²) in [4.78, 5) is 22.7.